The van der Waals surface area contributed by atoms with Crippen LogP contribution in [0, 0.1) is 5.82 Å². The van der Waals surface area contributed by atoms with Crippen molar-refractivity contribution in [3.63, 3.8) is 0 Å². The zero-order valence-corrected chi connectivity index (χ0v) is 20.6. The maximum absolute atomic E-state index is 14.5. The topological polar surface area (TPSA) is 37.3 Å². The molecule has 4 nitrogen and oxygen atoms in total. The van der Waals surface area contributed by atoms with Crippen molar-refractivity contribution in [1.82, 2.24) is 9.47 Å². The van der Waals surface area contributed by atoms with Gasteiger partial charge in [0.15, 0.2) is 0 Å². The molecule has 2 aromatic carbocycles. The Morgan fingerprint density at radius 1 is 1.03 bits per heavy atom. The molecule has 3 heterocycles. The minimum Gasteiger partial charge on any atom is -0.310 e. The molecule has 178 valence electrons. The highest BCUT2D eigenvalue weighted by Crippen LogP contribution is 2.44. The number of thiophene rings is 1. The fourth-order valence-electron chi connectivity index (χ4n) is 5.42. The lowest BCUT2D eigenvalue weighted by Gasteiger charge is -2.31. The van der Waals surface area contributed by atoms with E-state index in [1.807, 2.05) is 16.2 Å². The molecule has 0 spiro atoms. The van der Waals surface area contributed by atoms with Gasteiger partial charge in [0.1, 0.15) is 10.8 Å². The van der Waals surface area contributed by atoms with E-state index >= 15 is 0 Å². The van der Waals surface area contributed by atoms with Crippen LogP contribution in [0.3, 0.4) is 0 Å². The number of aryl methyl sites for hydroxylation is 2. The summed E-state index contributed by atoms with van der Waals surface area (Å²) in [5.41, 5.74) is 6.20. The lowest BCUT2D eigenvalue weighted by atomic mass is 9.95. The minimum atomic E-state index is -0.434. The number of urea groups is 1. The Morgan fingerprint density at radius 3 is 2.63 bits per heavy atom. The van der Waals surface area contributed by atoms with E-state index in [4.69, 9.17) is 0 Å². The zero-order valence-electron chi connectivity index (χ0n) is 19.8. The lowest BCUT2D eigenvalue weighted by molar-refractivity contribution is 0.194. The van der Waals surface area contributed by atoms with E-state index in [1.165, 1.54) is 45.5 Å². The Labute approximate surface area is 209 Å². The second-order valence-corrected chi connectivity index (χ2v) is 10.4. The number of fused-ring (bicyclic) bond motifs is 5. The molecule has 0 radical (unpaired) electrons. The molecule has 1 atom stereocenters. The summed E-state index contributed by atoms with van der Waals surface area (Å²) in [6, 6.07) is 18.5. The number of aromatic nitrogens is 1. The number of hydrogen-bond acceptors (Lipinski definition) is 2. The number of anilines is 1. The molecule has 6 rings (SSSR count). The summed E-state index contributed by atoms with van der Waals surface area (Å²) in [7, 11) is 0. The minimum absolute atomic E-state index is 0.199. The number of para-hydroxylation sites is 1. The predicted molar refractivity (Wildman–Crippen MR) is 139 cm³/mol. The molecule has 4 aromatic rings. The van der Waals surface area contributed by atoms with Crippen molar-refractivity contribution in [1.29, 1.82) is 0 Å². The van der Waals surface area contributed by atoms with E-state index in [0.717, 1.165) is 30.5 Å². The Balaban J connectivity index is 1.50. The number of carbonyl (C=O) groups excluding carboxylic acids is 1. The van der Waals surface area contributed by atoms with Crippen molar-refractivity contribution < 1.29 is 9.18 Å². The van der Waals surface area contributed by atoms with E-state index in [0.29, 0.717) is 6.54 Å². The number of rotatable bonds is 3. The average molecular weight is 486 g/mol. The van der Waals surface area contributed by atoms with Crippen LogP contribution in [0.2, 0.25) is 0 Å². The molecule has 2 amide bonds. The first-order valence-electron chi connectivity index (χ1n) is 12.4. The van der Waals surface area contributed by atoms with Crippen molar-refractivity contribution >= 4 is 23.1 Å². The Hall–Kier alpha value is -3.38. The first-order chi connectivity index (χ1) is 17.1. The second kappa shape index (κ2) is 9.00. The summed E-state index contributed by atoms with van der Waals surface area (Å²) in [6.07, 6.45) is 7.63. The highest BCUT2D eigenvalue weighted by molar-refractivity contribution is 7.15. The van der Waals surface area contributed by atoms with Crippen LogP contribution in [0.15, 0.2) is 66.9 Å². The summed E-state index contributed by atoms with van der Waals surface area (Å²) in [4.78, 5) is 17.2. The van der Waals surface area contributed by atoms with Gasteiger partial charge in [0.05, 0.1) is 24.0 Å². The molecule has 0 saturated carbocycles. The average Bonchev–Trinajstić information content (AvgIpc) is 3.47. The predicted octanol–water partition coefficient (Wildman–Crippen LogP) is 7.26. The van der Waals surface area contributed by atoms with Gasteiger partial charge in [-0.05, 0) is 73.1 Å². The number of benzene rings is 2. The molecule has 6 heteroatoms. The summed E-state index contributed by atoms with van der Waals surface area (Å²) in [5, 5.41) is 4.08. The molecule has 0 fully saturated rings. The van der Waals surface area contributed by atoms with E-state index < -0.39 is 5.82 Å². The number of carbonyl (C=O) groups is 1. The standard InChI is InChI=1S/C29H28FN3OS/c1-2-19-13-15-20(16-14-19)27-25-11-7-17-32(25)28-22(21-8-3-6-12-26(21)35-28)18-33(27)29(34)31-24-10-5-4-9-23(24)30/h4-5,7,9-11,13-17,27H,2-3,6,8,12,18H2,1H3,(H,31,34)/t27-/m0/s1. The number of nitrogens with one attached hydrogen (secondary N) is 1. The van der Waals surface area contributed by atoms with E-state index in [1.54, 1.807) is 18.2 Å². The molecular weight excluding hydrogens is 457 g/mol. The van der Waals surface area contributed by atoms with Gasteiger partial charge in [-0.25, -0.2) is 9.18 Å². The maximum Gasteiger partial charge on any atom is 0.323 e. The van der Waals surface area contributed by atoms with Crippen LogP contribution in [0.25, 0.3) is 5.00 Å². The number of amides is 2. The highest BCUT2D eigenvalue weighted by Gasteiger charge is 2.36. The van der Waals surface area contributed by atoms with E-state index in [9.17, 15) is 9.18 Å². The highest BCUT2D eigenvalue weighted by atomic mass is 32.1. The third-order valence-electron chi connectivity index (χ3n) is 7.26. The molecule has 1 aliphatic heterocycles. The van der Waals surface area contributed by atoms with Crippen LogP contribution in [0.4, 0.5) is 14.9 Å². The Bertz CT molecular complexity index is 1390. The second-order valence-electron chi connectivity index (χ2n) is 9.33. The third-order valence-corrected chi connectivity index (χ3v) is 8.59. The normalized spacial score (nSPS) is 16.7. The van der Waals surface area contributed by atoms with Gasteiger partial charge < -0.3 is 14.8 Å². The van der Waals surface area contributed by atoms with Gasteiger partial charge in [-0.15, -0.1) is 11.3 Å². The van der Waals surface area contributed by atoms with Crippen molar-refractivity contribution in [2.45, 2.75) is 51.6 Å². The van der Waals surface area contributed by atoms with Gasteiger partial charge in [-0.2, -0.15) is 0 Å². The van der Waals surface area contributed by atoms with Crippen LogP contribution in [0.5, 0.6) is 0 Å². The quantitative estimate of drug-likeness (QED) is 0.326. The monoisotopic (exact) mass is 485 g/mol. The van der Waals surface area contributed by atoms with Crippen LogP contribution in [-0.4, -0.2) is 15.5 Å². The lowest BCUT2D eigenvalue weighted by Crippen LogP contribution is -2.38. The largest absolute Gasteiger partial charge is 0.323 e. The summed E-state index contributed by atoms with van der Waals surface area (Å²) >= 11 is 1.87. The van der Waals surface area contributed by atoms with E-state index in [2.05, 4.69) is 59.4 Å². The van der Waals surface area contributed by atoms with Crippen molar-refractivity contribution in [3.05, 3.63) is 106 Å². The maximum atomic E-state index is 14.5. The zero-order chi connectivity index (χ0) is 23.9. The van der Waals surface area contributed by atoms with Crippen LogP contribution in [-0.2, 0) is 25.8 Å². The molecule has 35 heavy (non-hydrogen) atoms. The molecule has 2 aromatic heterocycles. The van der Waals surface area contributed by atoms with Gasteiger partial charge in [0.2, 0.25) is 0 Å². The van der Waals surface area contributed by atoms with Crippen LogP contribution in [0.1, 0.15) is 58.6 Å². The Morgan fingerprint density at radius 2 is 1.83 bits per heavy atom. The third kappa shape index (κ3) is 3.86. The molecule has 0 saturated heterocycles. The van der Waals surface area contributed by atoms with Crippen molar-refractivity contribution in [2.24, 2.45) is 0 Å². The fraction of sp³-hybridized carbons (Fsp3) is 0.276. The number of hydrogen-bond donors (Lipinski definition) is 1. The molecular formula is C29H28FN3OS. The van der Waals surface area contributed by atoms with Crippen molar-refractivity contribution in [2.75, 3.05) is 5.32 Å². The van der Waals surface area contributed by atoms with E-state index in [-0.39, 0.29) is 17.8 Å². The number of halogens is 1. The summed E-state index contributed by atoms with van der Waals surface area (Å²) in [5.74, 6) is -0.434. The van der Waals surface area contributed by atoms with Crippen LogP contribution < -0.4 is 5.32 Å². The molecule has 2 aliphatic rings. The first kappa shape index (κ1) is 22.1. The molecule has 0 unspecified atom stereocenters. The van der Waals surface area contributed by atoms with Crippen LogP contribution >= 0.6 is 11.3 Å². The molecule has 1 N–H and O–H groups in total. The number of nitrogens with zero attached hydrogens (tertiary/aromatic N) is 2. The molecule has 1 aliphatic carbocycles. The van der Waals surface area contributed by atoms with Gasteiger partial charge >= 0.3 is 6.03 Å². The smallest absolute Gasteiger partial charge is 0.310 e. The molecule has 0 bridgehead atoms. The van der Waals surface area contributed by atoms with Gasteiger partial charge in [0, 0.05) is 16.6 Å². The Kier molecular flexibility index (Phi) is 5.69. The van der Waals surface area contributed by atoms with Gasteiger partial charge in [-0.3, -0.25) is 0 Å². The van der Waals surface area contributed by atoms with Gasteiger partial charge in [0.25, 0.3) is 0 Å². The summed E-state index contributed by atoms with van der Waals surface area (Å²) < 4.78 is 16.7. The first-order valence-corrected chi connectivity index (χ1v) is 13.2. The fourth-order valence-corrected chi connectivity index (χ4v) is 6.83. The SMILES string of the molecule is CCc1ccc([C@H]2c3cccn3-c3sc4c(c3CN2C(=O)Nc2ccccc2F)CCCC4)cc1. The summed E-state index contributed by atoms with van der Waals surface area (Å²) in [6.45, 7) is 2.63. The van der Waals surface area contributed by atoms with Gasteiger partial charge in [-0.1, -0.05) is 43.3 Å². The van der Waals surface area contributed by atoms with Crippen molar-refractivity contribution in [3.8, 4) is 5.00 Å².